The number of methoxy groups -OCH3 is 2. The van der Waals surface area contributed by atoms with Gasteiger partial charge in [-0.25, -0.2) is 14.2 Å². The van der Waals surface area contributed by atoms with Crippen molar-refractivity contribution < 1.29 is 19.4 Å². The number of benzene rings is 1. The topological polar surface area (TPSA) is 114 Å². The van der Waals surface area contributed by atoms with E-state index in [1.807, 2.05) is 18.7 Å². The SMILES string of the molecule is CCN(CC)Cc1c(C(=O)O)[nH]c(=O)n(-c2cc(OC)ccc2OC)c1=O. The number of ether oxygens (including phenoxy) is 2. The van der Waals surface area contributed by atoms with Crippen LogP contribution in [0.5, 0.6) is 11.5 Å². The van der Waals surface area contributed by atoms with Crippen LogP contribution in [-0.4, -0.2) is 52.8 Å². The van der Waals surface area contributed by atoms with E-state index in [0.717, 1.165) is 4.57 Å². The summed E-state index contributed by atoms with van der Waals surface area (Å²) in [4.78, 5) is 41.4. The molecule has 0 aliphatic heterocycles. The van der Waals surface area contributed by atoms with Crippen LogP contribution in [0.3, 0.4) is 0 Å². The van der Waals surface area contributed by atoms with E-state index >= 15 is 0 Å². The average Bonchev–Trinajstić information content (AvgIpc) is 2.66. The fourth-order valence-corrected chi connectivity index (χ4v) is 2.76. The zero-order valence-corrected chi connectivity index (χ0v) is 15.7. The van der Waals surface area contributed by atoms with Crippen LogP contribution in [0.1, 0.15) is 29.9 Å². The van der Waals surface area contributed by atoms with Crippen molar-refractivity contribution in [3.8, 4) is 17.2 Å². The fraction of sp³-hybridized carbons (Fsp3) is 0.389. The molecule has 0 saturated carbocycles. The molecule has 0 saturated heterocycles. The molecule has 9 nitrogen and oxygen atoms in total. The number of aromatic carboxylic acids is 1. The largest absolute Gasteiger partial charge is 0.497 e. The smallest absolute Gasteiger partial charge is 0.352 e. The molecule has 9 heteroatoms. The van der Waals surface area contributed by atoms with Crippen LogP contribution in [0.4, 0.5) is 0 Å². The van der Waals surface area contributed by atoms with Gasteiger partial charge in [0.05, 0.1) is 25.5 Å². The van der Waals surface area contributed by atoms with Gasteiger partial charge >= 0.3 is 11.7 Å². The van der Waals surface area contributed by atoms with E-state index in [4.69, 9.17) is 9.47 Å². The van der Waals surface area contributed by atoms with Gasteiger partial charge in [-0.15, -0.1) is 0 Å². The highest BCUT2D eigenvalue weighted by Gasteiger charge is 2.22. The summed E-state index contributed by atoms with van der Waals surface area (Å²) in [6.07, 6.45) is 0. The van der Waals surface area contributed by atoms with E-state index in [0.29, 0.717) is 18.8 Å². The molecule has 27 heavy (non-hydrogen) atoms. The second-order valence-corrected chi connectivity index (χ2v) is 5.73. The molecule has 0 amide bonds. The minimum Gasteiger partial charge on any atom is -0.497 e. The van der Waals surface area contributed by atoms with Gasteiger partial charge in [0.25, 0.3) is 5.56 Å². The second-order valence-electron chi connectivity index (χ2n) is 5.73. The normalized spacial score (nSPS) is 10.9. The average molecular weight is 377 g/mol. The van der Waals surface area contributed by atoms with Crippen molar-refractivity contribution in [3.63, 3.8) is 0 Å². The number of carboxylic acid groups (broad SMARTS) is 1. The van der Waals surface area contributed by atoms with E-state index in [9.17, 15) is 19.5 Å². The Morgan fingerprint density at radius 2 is 1.85 bits per heavy atom. The van der Waals surface area contributed by atoms with Gasteiger partial charge in [-0.1, -0.05) is 13.8 Å². The molecule has 0 bridgehead atoms. The maximum Gasteiger partial charge on any atom is 0.352 e. The molecular weight excluding hydrogens is 354 g/mol. The summed E-state index contributed by atoms with van der Waals surface area (Å²) in [5.74, 6) is -0.666. The molecule has 0 radical (unpaired) electrons. The number of rotatable bonds is 8. The third kappa shape index (κ3) is 4.03. The van der Waals surface area contributed by atoms with Crippen molar-refractivity contribution in [3.05, 3.63) is 50.3 Å². The van der Waals surface area contributed by atoms with Gasteiger partial charge in [0.2, 0.25) is 0 Å². The van der Waals surface area contributed by atoms with E-state index < -0.39 is 22.9 Å². The van der Waals surface area contributed by atoms with Gasteiger partial charge < -0.3 is 19.6 Å². The molecule has 146 valence electrons. The van der Waals surface area contributed by atoms with Crippen molar-refractivity contribution in [2.45, 2.75) is 20.4 Å². The minimum absolute atomic E-state index is 0.00401. The lowest BCUT2D eigenvalue weighted by atomic mass is 10.2. The number of carboxylic acids is 1. The van der Waals surface area contributed by atoms with Crippen molar-refractivity contribution in [2.24, 2.45) is 0 Å². The number of aromatic nitrogens is 2. The zero-order valence-electron chi connectivity index (χ0n) is 15.7. The Labute approximate surface area is 155 Å². The highest BCUT2D eigenvalue weighted by molar-refractivity contribution is 5.86. The van der Waals surface area contributed by atoms with Crippen LogP contribution >= 0.6 is 0 Å². The third-order valence-corrected chi connectivity index (χ3v) is 4.31. The first-order valence-electron chi connectivity index (χ1n) is 8.44. The third-order valence-electron chi connectivity index (χ3n) is 4.31. The summed E-state index contributed by atoms with van der Waals surface area (Å²) in [7, 11) is 2.87. The van der Waals surface area contributed by atoms with Crippen LogP contribution in [0.25, 0.3) is 5.69 Å². The number of aromatic amines is 1. The highest BCUT2D eigenvalue weighted by Crippen LogP contribution is 2.26. The summed E-state index contributed by atoms with van der Waals surface area (Å²) < 4.78 is 11.3. The summed E-state index contributed by atoms with van der Waals surface area (Å²) >= 11 is 0. The lowest BCUT2D eigenvalue weighted by Crippen LogP contribution is -2.40. The van der Waals surface area contributed by atoms with Crippen molar-refractivity contribution in [1.29, 1.82) is 0 Å². The van der Waals surface area contributed by atoms with Gasteiger partial charge in [-0.3, -0.25) is 9.69 Å². The van der Waals surface area contributed by atoms with Crippen molar-refractivity contribution >= 4 is 5.97 Å². The van der Waals surface area contributed by atoms with Gasteiger partial charge in [0, 0.05) is 12.6 Å². The molecule has 0 atom stereocenters. The molecule has 0 aliphatic rings. The molecule has 1 aromatic heterocycles. The van der Waals surface area contributed by atoms with E-state index in [2.05, 4.69) is 4.98 Å². The first kappa shape index (κ1) is 20.2. The lowest BCUT2D eigenvalue weighted by Gasteiger charge is -2.19. The Hall–Kier alpha value is -3.07. The van der Waals surface area contributed by atoms with Crippen LogP contribution in [0.15, 0.2) is 27.8 Å². The monoisotopic (exact) mass is 377 g/mol. The van der Waals surface area contributed by atoms with Gasteiger partial charge in [-0.05, 0) is 25.2 Å². The van der Waals surface area contributed by atoms with E-state index in [1.165, 1.54) is 20.3 Å². The molecule has 2 aromatic rings. The Bertz CT molecular complexity index is 943. The van der Waals surface area contributed by atoms with E-state index in [-0.39, 0.29) is 23.5 Å². The Morgan fingerprint density at radius 3 is 2.37 bits per heavy atom. The summed E-state index contributed by atoms with van der Waals surface area (Å²) in [5.41, 5.74) is -1.83. The van der Waals surface area contributed by atoms with Crippen LogP contribution in [0, 0.1) is 0 Å². The Balaban J connectivity index is 2.81. The first-order chi connectivity index (χ1) is 12.9. The number of hydrogen-bond donors (Lipinski definition) is 2. The second kappa shape index (κ2) is 8.54. The van der Waals surface area contributed by atoms with Gasteiger partial charge in [0.1, 0.15) is 17.2 Å². The maximum atomic E-state index is 13.1. The number of nitrogens with one attached hydrogen (secondary N) is 1. The van der Waals surface area contributed by atoms with Crippen molar-refractivity contribution in [1.82, 2.24) is 14.5 Å². The molecule has 0 unspecified atom stereocenters. The highest BCUT2D eigenvalue weighted by atomic mass is 16.5. The van der Waals surface area contributed by atoms with Crippen molar-refractivity contribution in [2.75, 3.05) is 27.3 Å². The first-order valence-corrected chi connectivity index (χ1v) is 8.44. The number of nitrogens with zero attached hydrogens (tertiary/aromatic N) is 2. The van der Waals surface area contributed by atoms with Gasteiger partial charge in [0.15, 0.2) is 0 Å². The minimum atomic E-state index is -1.36. The van der Waals surface area contributed by atoms with Gasteiger partial charge in [-0.2, -0.15) is 0 Å². The van der Waals surface area contributed by atoms with Crippen LogP contribution < -0.4 is 20.7 Å². The molecule has 0 aliphatic carbocycles. The summed E-state index contributed by atoms with van der Waals surface area (Å²) in [6, 6.07) is 4.68. The maximum absolute atomic E-state index is 13.1. The lowest BCUT2D eigenvalue weighted by molar-refractivity contribution is 0.0686. The quantitative estimate of drug-likeness (QED) is 0.708. The summed E-state index contributed by atoms with van der Waals surface area (Å²) in [6.45, 7) is 5.14. The molecule has 2 N–H and O–H groups in total. The Kier molecular flexibility index (Phi) is 6.40. The molecule has 0 spiro atoms. The Morgan fingerprint density at radius 1 is 1.19 bits per heavy atom. The fourth-order valence-electron chi connectivity index (χ4n) is 2.76. The van der Waals surface area contributed by atoms with E-state index in [1.54, 1.807) is 12.1 Å². The predicted molar refractivity (Wildman–Crippen MR) is 99.3 cm³/mol. The number of H-pyrrole nitrogens is 1. The molecule has 1 aromatic carbocycles. The van der Waals surface area contributed by atoms with Crippen LogP contribution in [0.2, 0.25) is 0 Å². The summed E-state index contributed by atoms with van der Waals surface area (Å²) in [5, 5.41) is 9.44. The zero-order chi connectivity index (χ0) is 20.1. The number of hydrogen-bond acceptors (Lipinski definition) is 6. The number of carbonyl (C=O) groups is 1. The predicted octanol–water partition coefficient (Wildman–Crippen LogP) is 1.08. The molecule has 1 heterocycles. The molecular formula is C18H23N3O6. The van der Waals surface area contributed by atoms with Crippen LogP contribution in [-0.2, 0) is 6.54 Å². The molecule has 0 fully saturated rings. The molecule has 2 rings (SSSR count). The standard InChI is InChI=1S/C18H23N3O6/c1-5-20(6-2)10-12-15(17(23)24)19-18(25)21(16(12)22)13-9-11(26-3)7-8-14(13)27-4/h7-9H,5-6,10H2,1-4H3,(H,19,25)(H,23,24).